The van der Waals surface area contributed by atoms with E-state index in [2.05, 4.69) is 41.0 Å². The van der Waals surface area contributed by atoms with Crippen LogP contribution >= 0.6 is 11.8 Å². The van der Waals surface area contributed by atoms with Gasteiger partial charge in [-0.25, -0.2) is 4.39 Å². The van der Waals surface area contributed by atoms with Gasteiger partial charge < -0.3 is 4.57 Å². The number of para-hydroxylation sites is 1. The first-order valence-electron chi connectivity index (χ1n) is 11.6. The zero-order valence-corrected chi connectivity index (χ0v) is 20.0. The number of fused-ring (bicyclic) bond motifs is 2. The molecule has 0 bridgehead atoms. The summed E-state index contributed by atoms with van der Waals surface area (Å²) in [5.74, 6) is -0.687. The third-order valence-corrected chi connectivity index (χ3v) is 7.36. The molecule has 176 valence electrons. The number of nitrogens with zero attached hydrogens (tertiary/aromatic N) is 2. The number of carbonyl (C=O) groups is 2. The molecule has 6 heteroatoms. The number of halogens is 1. The molecular weight excluding hydrogens is 471 g/mol. The van der Waals surface area contributed by atoms with Gasteiger partial charge in [-0.3, -0.25) is 14.5 Å². The van der Waals surface area contributed by atoms with E-state index in [-0.39, 0.29) is 23.5 Å². The van der Waals surface area contributed by atoms with E-state index >= 15 is 0 Å². The molecule has 0 atom stereocenters. The standard InChI is InChI=1S/C30H21FN2O2S/c31-24-14-12-20(13-15-24)17-33-29(34)28(36-30(33)35)16-23-19-32(27-11-4-3-10-26(23)27)18-22-8-5-7-21-6-1-2-9-25(21)22/h1-16,19H,17-18H2/b28-16-. The van der Waals surface area contributed by atoms with Gasteiger partial charge in [-0.05, 0) is 57.9 Å². The number of rotatable bonds is 5. The molecule has 1 aliphatic rings. The van der Waals surface area contributed by atoms with Crippen LogP contribution in [-0.2, 0) is 17.9 Å². The van der Waals surface area contributed by atoms with Crippen LogP contribution in [0.15, 0.2) is 102 Å². The number of hydrogen-bond acceptors (Lipinski definition) is 3. The van der Waals surface area contributed by atoms with Crippen molar-refractivity contribution in [2.24, 2.45) is 0 Å². The minimum atomic E-state index is -0.354. The van der Waals surface area contributed by atoms with E-state index in [1.165, 1.54) is 33.4 Å². The first kappa shape index (κ1) is 22.3. The monoisotopic (exact) mass is 492 g/mol. The quantitative estimate of drug-likeness (QED) is 0.243. The van der Waals surface area contributed by atoms with Crippen molar-refractivity contribution in [3.05, 3.63) is 125 Å². The van der Waals surface area contributed by atoms with Crippen LogP contribution in [0.4, 0.5) is 9.18 Å². The van der Waals surface area contributed by atoms with Crippen molar-refractivity contribution >= 4 is 50.7 Å². The molecule has 0 unspecified atom stereocenters. The van der Waals surface area contributed by atoms with Crippen LogP contribution in [0.5, 0.6) is 0 Å². The van der Waals surface area contributed by atoms with E-state index in [4.69, 9.17) is 0 Å². The zero-order valence-electron chi connectivity index (χ0n) is 19.2. The summed E-state index contributed by atoms with van der Waals surface area (Å²) in [6, 6.07) is 28.6. The summed E-state index contributed by atoms with van der Waals surface area (Å²) in [4.78, 5) is 27.3. The van der Waals surface area contributed by atoms with Crippen molar-refractivity contribution in [3.8, 4) is 0 Å². The largest absolute Gasteiger partial charge is 0.342 e. The average Bonchev–Trinajstić information content (AvgIpc) is 3.37. The molecule has 5 aromatic rings. The van der Waals surface area contributed by atoms with E-state index in [0.29, 0.717) is 17.0 Å². The summed E-state index contributed by atoms with van der Waals surface area (Å²) < 4.78 is 15.4. The van der Waals surface area contributed by atoms with E-state index in [1.807, 2.05) is 36.5 Å². The zero-order chi connectivity index (χ0) is 24.6. The summed E-state index contributed by atoms with van der Waals surface area (Å²) in [5, 5.41) is 3.10. The minimum absolute atomic E-state index is 0.116. The summed E-state index contributed by atoms with van der Waals surface area (Å²) in [7, 11) is 0. The second kappa shape index (κ2) is 9.13. The Morgan fingerprint density at radius 1 is 0.778 bits per heavy atom. The van der Waals surface area contributed by atoms with Crippen molar-refractivity contribution in [1.29, 1.82) is 0 Å². The second-order valence-corrected chi connectivity index (χ2v) is 9.76. The van der Waals surface area contributed by atoms with Gasteiger partial charge in [0, 0.05) is 29.2 Å². The number of hydrogen-bond donors (Lipinski definition) is 0. The predicted molar refractivity (Wildman–Crippen MR) is 143 cm³/mol. The van der Waals surface area contributed by atoms with Gasteiger partial charge in [-0.15, -0.1) is 0 Å². The highest BCUT2D eigenvalue weighted by Gasteiger charge is 2.35. The number of thioether (sulfide) groups is 1. The molecule has 0 N–H and O–H groups in total. The highest BCUT2D eigenvalue weighted by Crippen LogP contribution is 2.35. The van der Waals surface area contributed by atoms with Gasteiger partial charge in [0.1, 0.15) is 5.82 Å². The maximum Gasteiger partial charge on any atom is 0.293 e. The summed E-state index contributed by atoms with van der Waals surface area (Å²) in [6.45, 7) is 0.798. The fourth-order valence-corrected chi connectivity index (χ4v) is 5.51. The molecule has 0 aliphatic carbocycles. The lowest BCUT2D eigenvalue weighted by Gasteiger charge is -2.12. The molecule has 6 rings (SSSR count). The third kappa shape index (κ3) is 4.10. The van der Waals surface area contributed by atoms with Gasteiger partial charge in [-0.2, -0.15) is 0 Å². The number of benzene rings is 4. The molecule has 1 aliphatic heterocycles. The van der Waals surface area contributed by atoms with Crippen molar-refractivity contribution in [1.82, 2.24) is 9.47 Å². The SMILES string of the molecule is O=C1S/C(=C\c2cn(Cc3cccc4ccccc34)c3ccccc23)C(=O)N1Cc1ccc(F)cc1. The van der Waals surface area contributed by atoms with Gasteiger partial charge in [0.15, 0.2) is 0 Å². The molecule has 2 amide bonds. The van der Waals surface area contributed by atoms with Gasteiger partial charge >= 0.3 is 0 Å². The topological polar surface area (TPSA) is 42.3 Å². The molecule has 36 heavy (non-hydrogen) atoms. The number of aromatic nitrogens is 1. The van der Waals surface area contributed by atoms with E-state index < -0.39 is 0 Å². The predicted octanol–water partition coefficient (Wildman–Crippen LogP) is 7.22. The highest BCUT2D eigenvalue weighted by atomic mass is 32.2. The van der Waals surface area contributed by atoms with Crippen LogP contribution in [0.1, 0.15) is 16.7 Å². The Kier molecular flexibility index (Phi) is 5.66. The Bertz CT molecular complexity index is 1660. The van der Waals surface area contributed by atoms with Crippen LogP contribution < -0.4 is 0 Å². The van der Waals surface area contributed by atoms with Crippen LogP contribution in [0, 0.1) is 5.82 Å². The lowest BCUT2D eigenvalue weighted by Crippen LogP contribution is -2.27. The van der Waals surface area contributed by atoms with Crippen molar-refractivity contribution in [2.45, 2.75) is 13.1 Å². The second-order valence-electron chi connectivity index (χ2n) is 8.76. The molecule has 4 aromatic carbocycles. The summed E-state index contributed by atoms with van der Waals surface area (Å²) in [5.41, 5.74) is 3.85. The molecule has 2 heterocycles. The maximum absolute atomic E-state index is 13.2. The molecule has 1 saturated heterocycles. The van der Waals surface area contributed by atoms with Crippen LogP contribution in [0.2, 0.25) is 0 Å². The van der Waals surface area contributed by atoms with Crippen molar-refractivity contribution in [3.63, 3.8) is 0 Å². The van der Waals surface area contributed by atoms with Gasteiger partial charge in [0.2, 0.25) is 0 Å². The molecule has 0 spiro atoms. The number of amides is 2. The normalized spacial score (nSPS) is 15.0. The smallest absolute Gasteiger partial charge is 0.293 e. The van der Waals surface area contributed by atoms with Gasteiger partial charge in [-0.1, -0.05) is 72.8 Å². The Morgan fingerprint density at radius 2 is 1.50 bits per heavy atom. The Labute approximate surface area is 211 Å². The fraction of sp³-hybridized carbons (Fsp3) is 0.0667. The molecule has 1 fully saturated rings. The van der Waals surface area contributed by atoms with Crippen molar-refractivity contribution < 1.29 is 14.0 Å². The summed E-state index contributed by atoms with van der Waals surface area (Å²) in [6.07, 6.45) is 3.85. The van der Waals surface area contributed by atoms with Crippen LogP contribution in [-0.4, -0.2) is 20.6 Å². The average molecular weight is 493 g/mol. The van der Waals surface area contributed by atoms with Gasteiger partial charge in [0.25, 0.3) is 11.1 Å². The van der Waals surface area contributed by atoms with Gasteiger partial charge in [0.05, 0.1) is 11.4 Å². The van der Waals surface area contributed by atoms with E-state index in [1.54, 1.807) is 18.2 Å². The lowest BCUT2D eigenvalue weighted by atomic mass is 10.0. The first-order valence-corrected chi connectivity index (χ1v) is 12.4. The molecule has 4 nitrogen and oxygen atoms in total. The molecule has 0 radical (unpaired) electrons. The third-order valence-electron chi connectivity index (χ3n) is 6.45. The Morgan fingerprint density at radius 3 is 2.33 bits per heavy atom. The highest BCUT2D eigenvalue weighted by molar-refractivity contribution is 8.18. The molecule has 1 aromatic heterocycles. The Hall–Kier alpha value is -4.16. The van der Waals surface area contributed by atoms with Crippen LogP contribution in [0.25, 0.3) is 27.8 Å². The van der Waals surface area contributed by atoms with E-state index in [0.717, 1.165) is 28.2 Å². The fourth-order valence-electron chi connectivity index (χ4n) is 4.68. The van der Waals surface area contributed by atoms with Crippen molar-refractivity contribution in [2.75, 3.05) is 0 Å². The maximum atomic E-state index is 13.2. The minimum Gasteiger partial charge on any atom is -0.342 e. The summed E-state index contributed by atoms with van der Waals surface area (Å²) >= 11 is 0.938. The molecular formula is C30H21FN2O2S. The van der Waals surface area contributed by atoms with E-state index in [9.17, 15) is 14.0 Å². The number of carbonyl (C=O) groups excluding carboxylic acids is 2. The molecule has 0 saturated carbocycles. The lowest BCUT2D eigenvalue weighted by molar-refractivity contribution is -0.123. The number of imide groups is 1. The first-order chi connectivity index (χ1) is 17.6. The van der Waals surface area contributed by atoms with Crippen LogP contribution in [0.3, 0.4) is 0 Å². The Balaban J connectivity index is 1.34.